The van der Waals surface area contributed by atoms with Crippen LogP contribution in [0.15, 0.2) is 72.8 Å². The molecular weight excluding hydrogens is 460 g/mol. The molecule has 0 spiro atoms. The summed E-state index contributed by atoms with van der Waals surface area (Å²) in [6.07, 6.45) is -0.368. The van der Waals surface area contributed by atoms with Crippen LogP contribution in [0.4, 0.5) is 25.0 Å². The minimum atomic E-state index is -0.605. The van der Waals surface area contributed by atoms with Crippen molar-refractivity contribution in [1.29, 1.82) is 0 Å². The summed E-state index contributed by atoms with van der Waals surface area (Å²) in [5, 5.41) is 0. The molecule has 5 nitrogen and oxygen atoms in total. The number of piperazine rings is 1. The highest BCUT2D eigenvalue weighted by Crippen LogP contribution is 2.32. The summed E-state index contributed by atoms with van der Waals surface area (Å²) < 4.78 is 36.5. The lowest BCUT2D eigenvalue weighted by molar-refractivity contribution is 0.0240. The largest absolute Gasteiger partial charge is 0.444 e. The first-order valence-electron chi connectivity index (χ1n) is 12.2. The predicted molar refractivity (Wildman–Crippen MR) is 139 cm³/mol. The van der Waals surface area contributed by atoms with E-state index < -0.39 is 17.2 Å². The Morgan fingerprint density at radius 1 is 0.833 bits per heavy atom. The summed E-state index contributed by atoms with van der Waals surface area (Å²) >= 11 is 0. The molecule has 1 heterocycles. The van der Waals surface area contributed by atoms with Gasteiger partial charge >= 0.3 is 6.09 Å². The van der Waals surface area contributed by atoms with Gasteiger partial charge in [-0.1, -0.05) is 60.7 Å². The van der Waals surface area contributed by atoms with Gasteiger partial charge in [0.1, 0.15) is 11.3 Å². The van der Waals surface area contributed by atoms with Gasteiger partial charge in [0, 0.05) is 45.0 Å². The van der Waals surface area contributed by atoms with Gasteiger partial charge < -0.3 is 19.4 Å². The second kappa shape index (κ2) is 11.0. The summed E-state index contributed by atoms with van der Waals surface area (Å²) in [4.78, 5) is 17.6. The summed E-state index contributed by atoms with van der Waals surface area (Å²) in [6.45, 7) is 8.01. The number of carbonyl (C=O) groups excluding carboxylic acids is 1. The Hall–Kier alpha value is -3.61. The van der Waals surface area contributed by atoms with Crippen molar-refractivity contribution >= 4 is 17.5 Å². The monoisotopic (exact) mass is 493 g/mol. The number of carbonyl (C=O) groups is 1. The summed E-state index contributed by atoms with van der Waals surface area (Å²) in [6, 6.07) is 22.1. The maximum Gasteiger partial charge on any atom is 0.410 e. The third kappa shape index (κ3) is 6.53. The van der Waals surface area contributed by atoms with Gasteiger partial charge in [-0.25, -0.2) is 13.6 Å². The zero-order chi connectivity index (χ0) is 25.7. The lowest BCUT2D eigenvalue weighted by Crippen LogP contribution is -2.50. The van der Waals surface area contributed by atoms with Gasteiger partial charge in [0.05, 0.1) is 0 Å². The molecule has 4 rings (SSSR count). The van der Waals surface area contributed by atoms with Crippen LogP contribution in [-0.2, 0) is 17.8 Å². The molecular formula is C29H33F2N3O2. The van der Waals surface area contributed by atoms with Gasteiger partial charge in [0.25, 0.3) is 0 Å². The maximum absolute atomic E-state index is 15.5. The Morgan fingerprint density at radius 3 is 1.75 bits per heavy atom. The highest BCUT2D eigenvalue weighted by Gasteiger charge is 2.27. The van der Waals surface area contributed by atoms with Crippen molar-refractivity contribution in [1.82, 2.24) is 4.90 Å². The molecule has 0 aliphatic carbocycles. The molecule has 1 aliphatic rings. The Bertz CT molecular complexity index is 1090. The van der Waals surface area contributed by atoms with Gasteiger partial charge in [-0.3, -0.25) is 0 Å². The van der Waals surface area contributed by atoms with E-state index in [2.05, 4.69) is 0 Å². The third-order valence-electron chi connectivity index (χ3n) is 6.05. The molecule has 1 aliphatic heterocycles. The fourth-order valence-electron chi connectivity index (χ4n) is 4.33. The molecule has 7 heteroatoms. The molecule has 0 radical (unpaired) electrons. The van der Waals surface area contributed by atoms with Crippen molar-refractivity contribution in [3.05, 3.63) is 95.6 Å². The van der Waals surface area contributed by atoms with Crippen LogP contribution < -0.4 is 9.80 Å². The molecule has 0 bridgehead atoms. The number of ether oxygens (including phenoxy) is 1. The highest BCUT2D eigenvalue weighted by atomic mass is 19.1. The first-order chi connectivity index (χ1) is 17.2. The quantitative estimate of drug-likeness (QED) is 0.408. The summed E-state index contributed by atoms with van der Waals surface area (Å²) in [5.41, 5.74) is 1.79. The van der Waals surface area contributed by atoms with Crippen molar-refractivity contribution in [2.45, 2.75) is 39.5 Å². The fourth-order valence-corrected chi connectivity index (χ4v) is 4.33. The Kier molecular flexibility index (Phi) is 7.77. The maximum atomic E-state index is 15.5. The van der Waals surface area contributed by atoms with Crippen LogP contribution in [0, 0.1) is 11.6 Å². The van der Waals surface area contributed by atoms with E-state index in [1.54, 1.807) is 9.80 Å². The van der Waals surface area contributed by atoms with E-state index in [1.165, 1.54) is 12.1 Å². The Labute approximate surface area is 211 Å². The van der Waals surface area contributed by atoms with Crippen LogP contribution >= 0.6 is 0 Å². The number of amides is 1. The van der Waals surface area contributed by atoms with Gasteiger partial charge in [-0.2, -0.15) is 0 Å². The minimum Gasteiger partial charge on any atom is -0.444 e. The van der Waals surface area contributed by atoms with Crippen LogP contribution in [0.3, 0.4) is 0 Å². The Balaban J connectivity index is 1.53. The molecule has 1 saturated heterocycles. The van der Waals surface area contributed by atoms with E-state index in [0.717, 1.165) is 11.1 Å². The summed E-state index contributed by atoms with van der Waals surface area (Å²) in [5.74, 6) is -1.21. The zero-order valence-electron chi connectivity index (χ0n) is 21.1. The molecule has 3 aromatic rings. The van der Waals surface area contributed by atoms with E-state index in [9.17, 15) is 4.79 Å². The van der Waals surface area contributed by atoms with Gasteiger partial charge in [0.15, 0.2) is 11.6 Å². The van der Waals surface area contributed by atoms with Crippen LogP contribution in [0.2, 0.25) is 0 Å². The number of halogens is 2. The molecule has 1 fully saturated rings. The molecule has 0 aromatic heterocycles. The first kappa shape index (κ1) is 25.5. The fraction of sp³-hybridized carbons (Fsp3) is 0.345. The second-order valence-electron chi connectivity index (χ2n) is 10.0. The van der Waals surface area contributed by atoms with Crippen molar-refractivity contribution in [2.75, 3.05) is 36.0 Å². The van der Waals surface area contributed by atoms with Crippen LogP contribution in [0.1, 0.15) is 31.9 Å². The second-order valence-corrected chi connectivity index (χ2v) is 10.0. The normalized spacial score (nSPS) is 14.0. The number of rotatable bonds is 6. The molecule has 36 heavy (non-hydrogen) atoms. The predicted octanol–water partition coefficient (Wildman–Crippen LogP) is 6.23. The highest BCUT2D eigenvalue weighted by molar-refractivity contribution is 5.69. The van der Waals surface area contributed by atoms with Crippen molar-refractivity contribution in [3.8, 4) is 0 Å². The first-order valence-corrected chi connectivity index (χ1v) is 12.2. The third-order valence-corrected chi connectivity index (χ3v) is 6.05. The zero-order valence-corrected chi connectivity index (χ0v) is 21.1. The number of benzene rings is 3. The van der Waals surface area contributed by atoms with Gasteiger partial charge in [0.2, 0.25) is 0 Å². The number of hydrogen-bond acceptors (Lipinski definition) is 4. The molecule has 0 unspecified atom stereocenters. The van der Waals surface area contributed by atoms with E-state index in [-0.39, 0.29) is 11.8 Å². The van der Waals surface area contributed by atoms with E-state index >= 15 is 8.78 Å². The van der Waals surface area contributed by atoms with Crippen molar-refractivity contribution in [2.24, 2.45) is 0 Å². The van der Waals surface area contributed by atoms with Crippen LogP contribution in [0.25, 0.3) is 0 Å². The smallest absolute Gasteiger partial charge is 0.410 e. The van der Waals surface area contributed by atoms with Crippen LogP contribution in [-0.4, -0.2) is 42.8 Å². The van der Waals surface area contributed by atoms with E-state index in [0.29, 0.717) is 45.0 Å². The minimum absolute atomic E-state index is 0.0427. The Morgan fingerprint density at radius 2 is 1.31 bits per heavy atom. The summed E-state index contributed by atoms with van der Waals surface area (Å²) in [7, 11) is 0. The molecule has 190 valence electrons. The van der Waals surface area contributed by atoms with Gasteiger partial charge in [-0.15, -0.1) is 0 Å². The molecule has 0 N–H and O–H groups in total. The molecule has 0 saturated carbocycles. The van der Waals surface area contributed by atoms with E-state index in [4.69, 9.17) is 4.74 Å². The lowest BCUT2D eigenvalue weighted by atomic mass is 10.1. The standard InChI is InChI=1S/C29H33F2N3O2/c1-29(2,3)36-28(35)33-16-14-32(15-17-33)24-18-25(30)27(26(31)19-24)34(20-22-10-6-4-7-11-22)21-23-12-8-5-9-13-23/h4-13,18-19H,14-17,20-21H2,1-3H3. The van der Waals surface area contributed by atoms with E-state index in [1.807, 2.05) is 86.3 Å². The van der Waals surface area contributed by atoms with Crippen molar-refractivity contribution < 1.29 is 18.3 Å². The topological polar surface area (TPSA) is 36.0 Å². The number of nitrogens with zero attached hydrogens (tertiary/aromatic N) is 3. The molecule has 3 aromatic carbocycles. The number of hydrogen-bond donors (Lipinski definition) is 0. The average molecular weight is 494 g/mol. The van der Waals surface area contributed by atoms with Crippen LogP contribution in [0.5, 0.6) is 0 Å². The van der Waals surface area contributed by atoms with Crippen molar-refractivity contribution in [3.63, 3.8) is 0 Å². The SMILES string of the molecule is CC(C)(C)OC(=O)N1CCN(c2cc(F)c(N(Cc3ccccc3)Cc3ccccc3)c(F)c2)CC1. The molecule has 0 atom stereocenters. The molecule has 1 amide bonds. The lowest BCUT2D eigenvalue weighted by Gasteiger charge is -2.37. The number of anilines is 2. The average Bonchev–Trinajstić information content (AvgIpc) is 2.84. The van der Waals surface area contributed by atoms with Gasteiger partial charge in [-0.05, 0) is 44.0 Å².